The van der Waals surface area contributed by atoms with Crippen molar-refractivity contribution >= 4 is 24.1 Å². The third kappa shape index (κ3) is 0.639. The van der Waals surface area contributed by atoms with Crippen LogP contribution in [0.3, 0.4) is 0 Å². The average Bonchev–Trinajstić information content (AvgIpc) is 2.64. The van der Waals surface area contributed by atoms with Crippen LogP contribution in [-0.4, -0.2) is 6.21 Å². The van der Waals surface area contributed by atoms with Crippen LogP contribution < -0.4 is 10.6 Å². The number of benzene rings is 1. The predicted molar refractivity (Wildman–Crippen MR) is 46.5 cm³/mol. The van der Waals surface area contributed by atoms with Crippen LogP contribution in [0, 0.1) is 12.1 Å². The van der Waals surface area contributed by atoms with Crippen LogP contribution in [0.4, 0.5) is 5.69 Å². The first-order chi connectivity index (χ1) is 5.93. The molecule has 0 amide bonds. The van der Waals surface area contributed by atoms with Gasteiger partial charge in [-0.3, -0.25) is 9.98 Å². The van der Waals surface area contributed by atoms with Crippen molar-refractivity contribution in [3.63, 3.8) is 0 Å². The fourth-order valence-electron chi connectivity index (χ4n) is 1.33. The molecule has 2 aliphatic heterocycles. The highest BCUT2D eigenvalue weighted by molar-refractivity contribution is 5.96. The van der Waals surface area contributed by atoms with Crippen molar-refractivity contribution in [2.24, 2.45) is 9.98 Å². The summed E-state index contributed by atoms with van der Waals surface area (Å²) in [6.45, 7) is 0. The van der Waals surface area contributed by atoms with Crippen molar-refractivity contribution in [2.45, 2.75) is 0 Å². The van der Waals surface area contributed by atoms with Crippen LogP contribution in [0.15, 0.2) is 16.2 Å². The van der Waals surface area contributed by atoms with E-state index >= 15 is 0 Å². The number of hydrogen-bond acceptors (Lipinski definition) is 2. The first kappa shape index (κ1) is 5.89. The minimum Gasteiger partial charge on any atom is -0.255 e. The van der Waals surface area contributed by atoms with Crippen molar-refractivity contribution in [1.29, 1.82) is 0 Å². The summed E-state index contributed by atoms with van der Waals surface area (Å²) in [6.07, 6.45) is 7.38. The van der Waals surface area contributed by atoms with Crippen LogP contribution in [-0.2, 0) is 0 Å². The standard InChI is InChI=1S/C10H4N2/c1-3-11-9-6-10-8(2-4-12-10)5-7(1)9/h1-4H. The van der Waals surface area contributed by atoms with E-state index in [0.717, 1.165) is 21.8 Å². The lowest BCUT2D eigenvalue weighted by molar-refractivity contribution is 1.34. The van der Waals surface area contributed by atoms with Crippen LogP contribution in [0.1, 0.15) is 5.56 Å². The van der Waals surface area contributed by atoms with Gasteiger partial charge in [0.25, 0.3) is 0 Å². The predicted octanol–water partition coefficient (Wildman–Crippen LogP) is 0.387. The van der Waals surface area contributed by atoms with Gasteiger partial charge in [0.1, 0.15) is 0 Å². The molecule has 1 aromatic rings. The van der Waals surface area contributed by atoms with E-state index in [-0.39, 0.29) is 0 Å². The molecule has 0 N–H and O–H groups in total. The lowest BCUT2D eigenvalue weighted by Crippen LogP contribution is -2.11. The molecule has 1 aromatic carbocycles. The minimum atomic E-state index is 0.848. The number of rotatable bonds is 0. The summed E-state index contributed by atoms with van der Waals surface area (Å²) >= 11 is 0. The summed E-state index contributed by atoms with van der Waals surface area (Å²) in [7, 11) is 0. The monoisotopic (exact) mass is 152 g/mol. The Bertz CT molecular complexity index is 472. The normalized spacial score (nSPS) is 15.3. The Labute approximate surface area is 69.3 Å². The van der Waals surface area contributed by atoms with E-state index in [1.807, 2.05) is 12.2 Å². The SMILES string of the molecule is [c]1c2c([c]c3c1=CC=N3)=NC=C2. The quantitative estimate of drug-likeness (QED) is 0.513. The highest BCUT2D eigenvalue weighted by atomic mass is 14.7. The molecule has 54 valence electrons. The molecule has 2 heteroatoms. The minimum absolute atomic E-state index is 0.848. The van der Waals surface area contributed by atoms with Gasteiger partial charge in [0.05, 0.1) is 11.0 Å². The largest absolute Gasteiger partial charge is 0.255 e. The summed E-state index contributed by atoms with van der Waals surface area (Å²) in [5, 5.41) is 1.86. The van der Waals surface area contributed by atoms with Crippen molar-refractivity contribution < 1.29 is 0 Å². The van der Waals surface area contributed by atoms with E-state index in [1.54, 1.807) is 12.4 Å². The Morgan fingerprint density at radius 2 is 2.25 bits per heavy atom. The molecule has 0 aromatic heterocycles. The molecule has 0 aliphatic carbocycles. The lowest BCUT2D eigenvalue weighted by atomic mass is 10.1. The molecule has 2 radical (unpaired) electrons. The Balaban J connectivity index is 2.50. The van der Waals surface area contributed by atoms with Gasteiger partial charge < -0.3 is 0 Å². The fraction of sp³-hybridized carbons (Fsp3) is 0. The maximum Gasteiger partial charge on any atom is 0.0810 e. The molecular weight excluding hydrogens is 148 g/mol. The highest BCUT2D eigenvalue weighted by Gasteiger charge is 2.04. The third-order valence-corrected chi connectivity index (χ3v) is 1.91. The fourth-order valence-corrected chi connectivity index (χ4v) is 1.33. The molecule has 12 heavy (non-hydrogen) atoms. The molecular formula is C10H4N2. The van der Waals surface area contributed by atoms with Gasteiger partial charge in [0, 0.05) is 35.3 Å². The summed E-state index contributed by atoms with van der Waals surface area (Å²) in [5.41, 5.74) is 1.86. The molecule has 2 nitrogen and oxygen atoms in total. The van der Waals surface area contributed by atoms with Gasteiger partial charge in [0.15, 0.2) is 0 Å². The molecule has 0 atom stereocenters. The van der Waals surface area contributed by atoms with Crippen LogP contribution in [0.5, 0.6) is 0 Å². The van der Waals surface area contributed by atoms with Crippen molar-refractivity contribution in [3.8, 4) is 0 Å². The zero-order valence-electron chi connectivity index (χ0n) is 6.20. The number of nitrogens with zero attached hydrogens (tertiary/aromatic N) is 2. The molecule has 0 unspecified atom stereocenters. The lowest BCUT2D eigenvalue weighted by Gasteiger charge is -1.90. The van der Waals surface area contributed by atoms with E-state index in [2.05, 4.69) is 22.1 Å². The van der Waals surface area contributed by atoms with E-state index in [0.29, 0.717) is 0 Å². The molecule has 0 fully saturated rings. The molecule has 0 saturated carbocycles. The first-order valence-electron chi connectivity index (χ1n) is 3.71. The Kier molecular flexibility index (Phi) is 0.939. The summed E-state index contributed by atoms with van der Waals surface area (Å²) in [6, 6.07) is 6.33. The van der Waals surface area contributed by atoms with E-state index in [4.69, 9.17) is 0 Å². The van der Waals surface area contributed by atoms with Gasteiger partial charge in [0.2, 0.25) is 0 Å². The molecule has 0 bridgehead atoms. The number of fused-ring (bicyclic) bond motifs is 2. The van der Waals surface area contributed by atoms with Gasteiger partial charge in [-0.1, -0.05) is 0 Å². The summed E-state index contributed by atoms with van der Waals surface area (Å²) in [4.78, 5) is 8.24. The molecule has 2 aliphatic rings. The maximum absolute atomic E-state index is 4.12. The van der Waals surface area contributed by atoms with Gasteiger partial charge >= 0.3 is 0 Å². The van der Waals surface area contributed by atoms with Crippen LogP contribution in [0.2, 0.25) is 0 Å². The zero-order chi connectivity index (χ0) is 7.97. The molecule has 0 saturated heterocycles. The number of aliphatic imine (C=N–C) groups is 1. The average molecular weight is 152 g/mol. The van der Waals surface area contributed by atoms with Gasteiger partial charge in [-0.2, -0.15) is 0 Å². The van der Waals surface area contributed by atoms with Crippen LogP contribution >= 0.6 is 0 Å². The summed E-state index contributed by atoms with van der Waals surface area (Å²) < 4.78 is 0. The topological polar surface area (TPSA) is 24.7 Å². The van der Waals surface area contributed by atoms with Gasteiger partial charge in [-0.05, 0) is 12.2 Å². The second kappa shape index (κ2) is 1.91. The zero-order valence-corrected chi connectivity index (χ0v) is 6.20. The van der Waals surface area contributed by atoms with Gasteiger partial charge in [-0.25, -0.2) is 0 Å². The number of hydrogen-bond donors (Lipinski definition) is 0. The molecule has 0 spiro atoms. The Morgan fingerprint density at radius 3 is 3.25 bits per heavy atom. The smallest absolute Gasteiger partial charge is 0.0810 e. The van der Waals surface area contributed by atoms with Crippen molar-refractivity contribution in [3.05, 3.63) is 34.5 Å². The Morgan fingerprint density at radius 1 is 1.25 bits per heavy atom. The maximum atomic E-state index is 4.12. The second-order valence-corrected chi connectivity index (χ2v) is 2.66. The Hall–Kier alpha value is -1.70. The molecule has 2 heterocycles. The van der Waals surface area contributed by atoms with Gasteiger partial charge in [-0.15, -0.1) is 0 Å². The van der Waals surface area contributed by atoms with Crippen molar-refractivity contribution in [2.75, 3.05) is 0 Å². The van der Waals surface area contributed by atoms with Crippen molar-refractivity contribution in [1.82, 2.24) is 0 Å². The second-order valence-electron chi connectivity index (χ2n) is 2.66. The van der Waals surface area contributed by atoms with E-state index in [9.17, 15) is 0 Å². The van der Waals surface area contributed by atoms with E-state index < -0.39 is 0 Å². The highest BCUT2D eigenvalue weighted by Crippen LogP contribution is 2.07. The third-order valence-electron chi connectivity index (χ3n) is 1.91. The summed E-state index contributed by atoms with van der Waals surface area (Å²) in [5.74, 6) is 0. The first-order valence-corrected chi connectivity index (χ1v) is 3.71. The molecule has 3 rings (SSSR count). The van der Waals surface area contributed by atoms with Crippen LogP contribution in [0.25, 0.3) is 12.2 Å². The van der Waals surface area contributed by atoms with E-state index in [1.165, 1.54) is 0 Å².